The molecule has 0 aliphatic carbocycles. The Kier molecular flexibility index (Phi) is 13.2. The zero-order chi connectivity index (χ0) is 19.1. The van der Waals surface area contributed by atoms with E-state index in [0.717, 1.165) is 6.08 Å². The second-order valence-corrected chi connectivity index (χ2v) is 4.80. The maximum absolute atomic E-state index is 11.4. The molecule has 0 rings (SSSR count). The fraction of sp³-hybridized carbons (Fsp3) is 0.667. The molecular weight excluding hydrogens is 340 g/mol. The van der Waals surface area contributed by atoms with E-state index < -0.39 is 36.7 Å². The van der Waals surface area contributed by atoms with Gasteiger partial charge in [0.15, 0.2) is 0 Å². The molecule has 0 saturated carbocycles. The number of carbonyl (C=O) groups is 3. The van der Waals surface area contributed by atoms with Crippen molar-refractivity contribution in [1.82, 2.24) is 0 Å². The molecule has 0 heterocycles. The highest BCUT2D eigenvalue weighted by Crippen LogP contribution is 1.96. The summed E-state index contributed by atoms with van der Waals surface area (Å²) < 4.78 is 19.0. The standard InChI is InChI=1S/C15H24O10/c1-2-13(19)23-5-3-14(20)24-6-4-15(21)25-10-12(18)9-22-8-11(17)7-16/h2,11-12,16-18H,1,3-10H2. The molecule has 25 heavy (non-hydrogen) atoms. The van der Waals surface area contributed by atoms with Gasteiger partial charge in [-0.25, -0.2) is 4.79 Å². The molecule has 0 aliphatic rings. The largest absolute Gasteiger partial charge is 0.465 e. The normalized spacial score (nSPS) is 12.8. The monoisotopic (exact) mass is 364 g/mol. The molecule has 0 aromatic rings. The lowest BCUT2D eigenvalue weighted by atomic mass is 10.4. The van der Waals surface area contributed by atoms with E-state index in [2.05, 4.69) is 11.3 Å². The topological polar surface area (TPSA) is 149 Å². The van der Waals surface area contributed by atoms with Crippen LogP contribution in [0.4, 0.5) is 0 Å². The van der Waals surface area contributed by atoms with Crippen molar-refractivity contribution in [1.29, 1.82) is 0 Å². The van der Waals surface area contributed by atoms with Crippen LogP contribution in [0.25, 0.3) is 0 Å². The number of ether oxygens (including phenoxy) is 4. The number of hydrogen-bond donors (Lipinski definition) is 3. The second kappa shape index (κ2) is 14.3. The first-order chi connectivity index (χ1) is 11.9. The number of aliphatic hydroxyl groups excluding tert-OH is 3. The molecule has 0 radical (unpaired) electrons. The van der Waals surface area contributed by atoms with Gasteiger partial charge in [0.1, 0.15) is 32.0 Å². The molecule has 0 aromatic carbocycles. The van der Waals surface area contributed by atoms with Crippen molar-refractivity contribution in [3.05, 3.63) is 12.7 Å². The van der Waals surface area contributed by atoms with E-state index in [-0.39, 0.29) is 45.9 Å². The predicted molar refractivity (Wildman–Crippen MR) is 82.2 cm³/mol. The number of aliphatic hydroxyl groups is 3. The van der Waals surface area contributed by atoms with Gasteiger partial charge in [0.25, 0.3) is 0 Å². The minimum absolute atomic E-state index is 0.148. The van der Waals surface area contributed by atoms with Crippen molar-refractivity contribution < 1.29 is 48.7 Å². The predicted octanol–water partition coefficient (Wildman–Crippen LogP) is -1.69. The zero-order valence-electron chi connectivity index (χ0n) is 13.8. The first-order valence-corrected chi connectivity index (χ1v) is 7.54. The molecule has 0 aromatic heterocycles. The molecule has 0 amide bonds. The van der Waals surface area contributed by atoms with Crippen LogP contribution >= 0.6 is 0 Å². The van der Waals surface area contributed by atoms with E-state index in [1.165, 1.54) is 0 Å². The smallest absolute Gasteiger partial charge is 0.330 e. The lowest BCUT2D eigenvalue weighted by molar-refractivity contribution is -0.152. The summed E-state index contributed by atoms with van der Waals surface area (Å²) in [7, 11) is 0. The molecule has 144 valence electrons. The second-order valence-electron chi connectivity index (χ2n) is 4.80. The van der Waals surface area contributed by atoms with E-state index in [0.29, 0.717) is 0 Å². The highest BCUT2D eigenvalue weighted by atomic mass is 16.6. The highest BCUT2D eigenvalue weighted by Gasteiger charge is 2.12. The van der Waals surface area contributed by atoms with Crippen LogP contribution in [0.3, 0.4) is 0 Å². The summed E-state index contributed by atoms with van der Waals surface area (Å²) >= 11 is 0. The maximum Gasteiger partial charge on any atom is 0.330 e. The molecule has 2 atom stereocenters. The average molecular weight is 364 g/mol. The molecule has 0 saturated heterocycles. The van der Waals surface area contributed by atoms with Crippen molar-refractivity contribution in [2.75, 3.05) is 39.6 Å². The van der Waals surface area contributed by atoms with Crippen molar-refractivity contribution in [3.8, 4) is 0 Å². The summed E-state index contributed by atoms with van der Waals surface area (Å²) in [6, 6.07) is 0. The lowest BCUT2D eigenvalue weighted by Gasteiger charge is -2.13. The van der Waals surface area contributed by atoms with Gasteiger partial charge in [-0.2, -0.15) is 0 Å². The summed E-state index contributed by atoms with van der Waals surface area (Å²) in [4.78, 5) is 33.4. The SMILES string of the molecule is C=CC(=O)OCCC(=O)OCCC(=O)OCC(O)COCC(O)CO. The Morgan fingerprint density at radius 1 is 0.880 bits per heavy atom. The molecule has 0 bridgehead atoms. The van der Waals surface area contributed by atoms with Crippen LogP contribution in [-0.4, -0.2) is 85.1 Å². The Morgan fingerprint density at radius 2 is 1.44 bits per heavy atom. The van der Waals surface area contributed by atoms with Gasteiger partial charge in [0.2, 0.25) is 0 Å². The van der Waals surface area contributed by atoms with Crippen LogP contribution in [0.15, 0.2) is 12.7 Å². The zero-order valence-corrected chi connectivity index (χ0v) is 13.8. The van der Waals surface area contributed by atoms with Crippen LogP contribution in [0.1, 0.15) is 12.8 Å². The summed E-state index contributed by atoms with van der Waals surface area (Å²) in [5.74, 6) is -1.97. The van der Waals surface area contributed by atoms with Crippen LogP contribution in [0.2, 0.25) is 0 Å². The Bertz CT molecular complexity index is 423. The van der Waals surface area contributed by atoms with Gasteiger partial charge >= 0.3 is 17.9 Å². The average Bonchev–Trinajstić information content (AvgIpc) is 2.59. The molecule has 3 N–H and O–H groups in total. The van der Waals surface area contributed by atoms with E-state index in [1.54, 1.807) is 0 Å². The first-order valence-electron chi connectivity index (χ1n) is 7.54. The van der Waals surface area contributed by atoms with E-state index in [9.17, 15) is 19.5 Å². The molecular formula is C15H24O10. The first kappa shape index (κ1) is 23.0. The van der Waals surface area contributed by atoms with Crippen LogP contribution in [0, 0.1) is 0 Å². The summed E-state index contributed by atoms with van der Waals surface area (Å²) in [5.41, 5.74) is 0. The molecule has 10 heteroatoms. The quantitative estimate of drug-likeness (QED) is 0.185. The Balaban J connectivity index is 3.64. The van der Waals surface area contributed by atoms with Crippen molar-refractivity contribution in [2.24, 2.45) is 0 Å². The Morgan fingerprint density at radius 3 is 2.04 bits per heavy atom. The summed E-state index contributed by atoms with van der Waals surface area (Å²) in [6.07, 6.45) is -1.50. The number of esters is 3. The molecule has 0 aliphatic heterocycles. The van der Waals surface area contributed by atoms with Gasteiger partial charge in [-0.1, -0.05) is 6.58 Å². The van der Waals surface area contributed by atoms with Gasteiger partial charge in [-0.3, -0.25) is 9.59 Å². The molecule has 2 unspecified atom stereocenters. The summed E-state index contributed by atoms with van der Waals surface area (Å²) in [6.45, 7) is 1.73. The third-order valence-electron chi connectivity index (χ3n) is 2.55. The Hall–Kier alpha value is -2.01. The lowest BCUT2D eigenvalue weighted by Crippen LogP contribution is -2.27. The van der Waals surface area contributed by atoms with Crippen LogP contribution < -0.4 is 0 Å². The van der Waals surface area contributed by atoms with Gasteiger partial charge in [0.05, 0.1) is 32.7 Å². The van der Waals surface area contributed by atoms with E-state index >= 15 is 0 Å². The highest BCUT2D eigenvalue weighted by molar-refractivity contribution is 5.81. The van der Waals surface area contributed by atoms with Gasteiger partial charge < -0.3 is 34.3 Å². The molecule has 10 nitrogen and oxygen atoms in total. The fourth-order valence-corrected chi connectivity index (χ4v) is 1.32. The van der Waals surface area contributed by atoms with Crippen molar-refractivity contribution in [3.63, 3.8) is 0 Å². The summed E-state index contributed by atoms with van der Waals surface area (Å²) in [5, 5.41) is 27.0. The van der Waals surface area contributed by atoms with Gasteiger partial charge in [0, 0.05) is 6.08 Å². The van der Waals surface area contributed by atoms with Crippen molar-refractivity contribution in [2.45, 2.75) is 25.0 Å². The van der Waals surface area contributed by atoms with Gasteiger partial charge in [-0.15, -0.1) is 0 Å². The third kappa shape index (κ3) is 14.1. The van der Waals surface area contributed by atoms with Crippen LogP contribution in [0.5, 0.6) is 0 Å². The number of rotatable bonds is 14. The van der Waals surface area contributed by atoms with Crippen molar-refractivity contribution >= 4 is 17.9 Å². The number of carbonyl (C=O) groups excluding carboxylic acids is 3. The number of hydrogen-bond acceptors (Lipinski definition) is 10. The van der Waals surface area contributed by atoms with E-state index in [1.807, 2.05) is 0 Å². The minimum Gasteiger partial charge on any atom is -0.465 e. The Labute approximate surface area is 144 Å². The fourth-order valence-electron chi connectivity index (χ4n) is 1.32. The minimum atomic E-state index is -1.09. The molecule has 0 spiro atoms. The maximum atomic E-state index is 11.4. The molecule has 0 fully saturated rings. The third-order valence-corrected chi connectivity index (χ3v) is 2.55. The van der Waals surface area contributed by atoms with Gasteiger partial charge in [-0.05, 0) is 0 Å². The van der Waals surface area contributed by atoms with Crippen LogP contribution in [-0.2, 0) is 33.3 Å². The van der Waals surface area contributed by atoms with E-state index in [4.69, 9.17) is 24.4 Å².